The van der Waals surface area contributed by atoms with Crippen molar-refractivity contribution in [1.29, 1.82) is 0 Å². The van der Waals surface area contributed by atoms with Crippen molar-refractivity contribution in [2.24, 2.45) is 5.92 Å². The summed E-state index contributed by atoms with van der Waals surface area (Å²) in [7, 11) is 0. The number of nitrogens with one attached hydrogen (secondary N) is 1. The van der Waals surface area contributed by atoms with Crippen molar-refractivity contribution in [2.45, 2.75) is 40.2 Å². The lowest BCUT2D eigenvalue weighted by atomic mass is 10.0. The molecule has 1 N–H and O–H groups in total. The highest BCUT2D eigenvalue weighted by molar-refractivity contribution is 7.15. The van der Waals surface area contributed by atoms with Crippen LogP contribution in [0.25, 0.3) is 10.6 Å². The zero-order valence-electron chi connectivity index (χ0n) is 12.8. The molecule has 3 heteroatoms. The second kappa shape index (κ2) is 7.00. The van der Waals surface area contributed by atoms with Gasteiger partial charge in [-0.15, -0.1) is 11.3 Å². The van der Waals surface area contributed by atoms with Crippen LogP contribution in [0.3, 0.4) is 0 Å². The zero-order chi connectivity index (χ0) is 14.5. The predicted octanol–water partition coefficient (Wildman–Crippen LogP) is 4.68. The summed E-state index contributed by atoms with van der Waals surface area (Å²) in [6.07, 6.45) is 3.14. The predicted molar refractivity (Wildman–Crippen MR) is 88.2 cm³/mol. The van der Waals surface area contributed by atoms with Crippen LogP contribution in [0.4, 0.5) is 0 Å². The zero-order valence-corrected chi connectivity index (χ0v) is 13.6. The number of thiazole rings is 1. The normalized spacial score (nSPS) is 12.8. The van der Waals surface area contributed by atoms with Crippen molar-refractivity contribution < 1.29 is 0 Å². The lowest BCUT2D eigenvalue weighted by Crippen LogP contribution is -2.16. The maximum Gasteiger partial charge on any atom is 0.123 e. The van der Waals surface area contributed by atoms with Gasteiger partial charge in [-0.05, 0) is 31.4 Å². The van der Waals surface area contributed by atoms with Crippen molar-refractivity contribution in [2.75, 3.05) is 6.54 Å². The van der Waals surface area contributed by atoms with Crippen LogP contribution in [-0.2, 0) is 6.42 Å². The largest absolute Gasteiger partial charge is 0.310 e. The first-order valence-corrected chi connectivity index (χ1v) is 8.20. The summed E-state index contributed by atoms with van der Waals surface area (Å²) in [6, 6.07) is 9.22. The van der Waals surface area contributed by atoms with Crippen LogP contribution in [0.15, 0.2) is 30.5 Å². The number of nitrogens with zero attached hydrogens (tertiary/aromatic N) is 1. The molecule has 0 radical (unpaired) electrons. The fourth-order valence-corrected chi connectivity index (χ4v) is 3.23. The summed E-state index contributed by atoms with van der Waals surface area (Å²) >= 11 is 1.78. The van der Waals surface area contributed by atoms with Crippen LogP contribution in [0.2, 0.25) is 0 Å². The Balaban J connectivity index is 2.11. The quantitative estimate of drug-likeness (QED) is 0.835. The highest BCUT2D eigenvalue weighted by atomic mass is 32.1. The summed E-state index contributed by atoms with van der Waals surface area (Å²) in [5.41, 5.74) is 2.62. The van der Waals surface area contributed by atoms with Crippen molar-refractivity contribution in [3.8, 4) is 10.6 Å². The van der Waals surface area contributed by atoms with Gasteiger partial charge in [0.25, 0.3) is 0 Å². The molecule has 1 atom stereocenters. The second-order valence-electron chi connectivity index (χ2n) is 5.64. The Morgan fingerprint density at radius 3 is 2.45 bits per heavy atom. The highest BCUT2D eigenvalue weighted by Crippen LogP contribution is 2.29. The molecule has 0 saturated carbocycles. The van der Waals surface area contributed by atoms with Gasteiger partial charge in [-0.2, -0.15) is 0 Å². The Hall–Kier alpha value is -1.19. The van der Waals surface area contributed by atoms with E-state index in [0.29, 0.717) is 12.0 Å². The standard InChI is InChI=1S/C17H24N2S/c1-5-18-13(4)16-11-19-17(20-16)15-8-6-14(7-9-15)10-12(2)3/h6-9,11-13,18H,5,10H2,1-4H3. The molecule has 0 aliphatic heterocycles. The average molecular weight is 288 g/mol. The van der Waals surface area contributed by atoms with Gasteiger partial charge in [0.2, 0.25) is 0 Å². The Labute approximate surface area is 126 Å². The third-order valence-electron chi connectivity index (χ3n) is 3.31. The number of hydrogen-bond acceptors (Lipinski definition) is 3. The summed E-state index contributed by atoms with van der Waals surface area (Å²) in [5.74, 6) is 0.702. The number of rotatable bonds is 6. The van der Waals surface area contributed by atoms with Crippen LogP contribution in [0.1, 0.15) is 44.2 Å². The molecule has 1 heterocycles. The van der Waals surface area contributed by atoms with Crippen molar-refractivity contribution >= 4 is 11.3 Å². The van der Waals surface area contributed by atoms with Gasteiger partial charge in [0.1, 0.15) is 5.01 Å². The fourth-order valence-electron chi connectivity index (χ4n) is 2.28. The van der Waals surface area contributed by atoms with Gasteiger partial charge in [-0.3, -0.25) is 0 Å². The second-order valence-corrected chi connectivity index (χ2v) is 6.70. The molecule has 0 saturated heterocycles. The van der Waals surface area contributed by atoms with Gasteiger partial charge in [0.05, 0.1) is 0 Å². The van der Waals surface area contributed by atoms with E-state index in [1.807, 2.05) is 6.20 Å². The Morgan fingerprint density at radius 1 is 1.15 bits per heavy atom. The molecule has 0 bridgehead atoms. The third-order valence-corrected chi connectivity index (χ3v) is 4.53. The molecular weight excluding hydrogens is 264 g/mol. The summed E-state index contributed by atoms with van der Waals surface area (Å²) in [6.45, 7) is 9.81. The summed E-state index contributed by atoms with van der Waals surface area (Å²) < 4.78 is 0. The molecule has 20 heavy (non-hydrogen) atoms. The van der Waals surface area contributed by atoms with Gasteiger partial charge >= 0.3 is 0 Å². The number of hydrogen-bond donors (Lipinski definition) is 1. The molecule has 0 fully saturated rings. The SMILES string of the molecule is CCNC(C)c1cnc(-c2ccc(CC(C)C)cc2)s1. The minimum atomic E-state index is 0.381. The molecule has 2 nitrogen and oxygen atoms in total. The smallest absolute Gasteiger partial charge is 0.123 e. The minimum Gasteiger partial charge on any atom is -0.310 e. The molecule has 0 aliphatic carbocycles. The fraction of sp³-hybridized carbons (Fsp3) is 0.471. The molecule has 108 valence electrons. The topological polar surface area (TPSA) is 24.9 Å². The van der Waals surface area contributed by atoms with Crippen molar-refractivity contribution in [1.82, 2.24) is 10.3 Å². The molecule has 2 aromatic rings. The first kappa shape index (κ1) is 15.2. The van der Waals surface area contributed by atoms with E-state index in [1.165, 1.54) is 16.0 Å². The van der Waals surface area contributed by atoms with Gasteiger partial charge < -0.3 is 5.32 Å². The van der Waals surface area contributed by atoms with Gasteiger partial charge in [-0.25, -0.2) is 4.98 Å². The first-order chi connectivity index (χ1) is 9.60. The maximum absolute atomic E-state index is 4.56. The number of benzene rings is 1. The Morgan fingerprint density at radius 2 is 1.85 bits per heavy atom. The molecule has 2 rings (SSSR count). The van der Waals surface area contributed by atoms with E-state index in [-0.39, 0.29) is 0 Å². The monoisotopic (exact) mass is 288 g/mol. The van der Waals surface area contributed by atoms with E-state index in [0.717, 1.165) is 18.0 Å². The lowest BCUT2D eigenvalue weighted by molar-refractivity contribution is 0.606. The van der Waals surface area contributed by atoms with Crippen LogP contribution in [-0.4, -0.2) is 11.5 Å². The lowest BCUT2D eigenvalue weighted by Gasteiger charge is -2.08. The van der Waals surface area contributed by atoms with Gasteiger partial charge in [-0.1, -0.05) is 45.0 Å². The molecule has 1 unspecified atom stereocenters. The molecule has 1 aromatic carbocycles. The van der Waals surface area contributed by atoms with E-state index in [2.05, 4.69) is 62.3 Å². The van der Waals surface area contributed by atoms with Crippen LogP contribution in [0, 0.1) is 5.92 Å². The first-order valence-electron chi connectivity index (χ1n) is 7.38. The maximum atomic E-state index is 4.56. The number of aromatic nitrogens is 1. The summed E-state index contributed by atoms with van der Waals surface area (Å²) in [4.78, 5) is 5.86. The summed E-state index contributed by atoms with van der Waals surface area (Å²) in [5, 5.41) is 4.54. The van der Waals surface area contributed by atoms with E-state index in [1.54, 1.807) is 11.3 Å². The van der Waals surface area contributed by atoms with Crippen LogP contribution < -0.4 is 5.32 Å². The average Bonchev–Trinajstić information content (AvgIpc) is 2.89. The highest BCUT2D eigenvalue weighted by Gasteiger charge is 2.10. The molecule has 0 aliphatic rings. The minimum absolute atomic E-state index is 0.381. The molecule has 0 amide bonds. The molecular formula is C17H24N2S. The van der Waals surface area contributed by atoms with Crippen molar-refractivity contribution in [3.05, 3.63) is 40.9 Å². The van der Waals surface area contributed by atoms with Crippen LogP contribution >= 0.6 is 11.3 Å². The Bertz CT molecular complexity index is 528. The van der Waals surface area contributed by atoms with Crippen molar-refractivity contribution in [3.63, 3.8) is 0 Å². The van der Waals surface area contributed by atoms with Gasteiger partial charge in [0, 0.05) is 22.7 Å². The van der Waals surface area contributed by atoms with E-state index >= 15 is 0 Å². The van der Waals surface area contributed by atoms with E-state index < -0.39 is 0 Å². The molecule has 1 aromatic heterocycles. The Kier molecular flexibility index (Phi) is 5.32. The van der Waals surface area contributed by atoms with E-state index in [4.69, 9.17) is 0 Å². The third kappa shape index (κ3) is 3.90. The van der Waals surface area contributed by atoms with E-state index in [9.17, 15) is 0 Å². The van der Waals surface area contributed by atoms with Gasteiger partial charge in [0.15, 0.2) is 0 Å². The molecule has 0 spiro atoms. The van der Waals surface area contributed by atoms with Crippen LogP contribution in [0.5, 0.6) is 0 Å².